The Morgan fingerprint density at radius 1 is 1.00 bits per heavy atom. The summed E-state index contributed by atoms with van der Waals surface area (Å²) >= 11 is 0. The lowest BCUT2D eigenvalue weighted by atomic mass is 9.77. The van der Waals surface area contributed by atoms with Crippen molar-refractivity contribution in [2.45, 2.75) is 25.4 Å². The molecule has 1 saturated carbocycles. The summed E-state index contributed by atoms with van der Waals surface area (Å²) in [5.41, 5.74) is 0. The van der Waals surface area contributed by atoms with E-state index in [0.717, 1.165) is 37.8 Å². The number of hydrogen-bond donors (Lipinski definition) is 2. The maximum Gasteiger partial charge on any atom is 0.0546 e. The number of halogens is 1. The third kappa shape index (κ3) is 2.08. The van der Waals surface area contributed by atoms with Crippen LogP contribution in [-0.2, 0) is 0 Å². The Morgan fingerprint density at radius 2 is 1.55 bits per heavy atom. The van der Waals surface area contributed by atoms with E-state index in [1.54, 1.807) is 0 Å². The van der Waals surface area contributed by atoms with Crippen LogP contribution in [0.1, 0.15) is 19.3 Å². The second kappa shape index (κ2) is 3.74. The Balaban J connectivity index is 0.000000605. The van der Waals surface area contributed by atoms with Gasteiger partial charge < -0.3 is 10.4 Å². The Bertz CT molecular complexity index is 115. The average Bonchev–Trinajstić information content (AvgIpc) is 1.85. The van der Waals surface area contributed by atoms with Crippen LogP contribution in [0.25, 0.3) is 0 Å². The third-order valence-corrected chi connectivity index (χ3v) is 2.74. The van der Waals surface area contributed by atoms with E-state index in [1.165, 1.54) is 6.42 Å². The van der Waals surface area contributed by atoms with E-state index < -0.39 is 0 Å². The number of fused-ring (bicyclic) bond motifs is 2. The Hall–Kier alpha value is 0.210. The van der Waals surface area contributed by atoms with Gasteiger partial charge in [-0.2, -0.15) is 0 Å². The van der Waals surface area contributed by atoms with Gasteiger partial charge in [-0.3, -0.25) is 0 Å². The van der Waals surface area contributed by atoms with Gasteiger partial charge in [0.1, 0.15) is 0 Å². The zero-order valence-electron chi connectivity index (χ0n) is 6.62. The van der Waals surface area contributed by atoms with Gasteiger partial charge >= 0.3 is 0 Å². The molecule has 0 spiro atoms. The molecule has 1 aliphatic carbocycles. The van der Waals surface area contributed by atoms with Gasteiger partial charge in [0.05, 0.1) is 6.10 Å². The van der Waals surface area contributed by atoms with Crippen LogP contribution in [0, 0.1) is 11.8 Å². The standard InChI is InChI=1S/C8H15NO.ClH/c10-8-2-6-1-7(3-8)5-9-4-6;/h6-10H,1-5H2;1H/t6-,7+,8?;. The first-order chi connectivity index (χ1) is 4.84. The molecule has 1 unspecified atom stereocenters. The number of nitrogens with one attached hydrogen (secondary N) is 1. The SMILES string of the molecule is Cl.OC1C[C@H]2CNC[C@@H](C1)C2. The Morgan fingerprint density at radius 3 is 2.09 bits per heavy atom. The van der Waals surface area contributed by atoms with Crippen molar-refractivity contribution in [3.05, 3.63) is 0 Å². The highest BCUT2D eigenvalue weighted by molar-refractivity contribution is 5.85. The zero-order valence-corrected chi connectivity index (χ0v) is 7.44. The van der Waals surface area contributed by atoms with Crippen molar-refractivity contribution in [3.63, 3.8) is 0 Å². The lowest BCUT2D eigenvalue weighted by molar-refractivity contribution is 0.0535. The molecule has 0 aromatic heterocycles. The van der Waals surface area contributed by atoms with Crippen LogP contribution in [0.5, 0.6) is 0 Å². The second-order valence-electron chi connectivity index (χ2n) is 3.75. The van der Waals surface area contributed by atoms with Crippen molar-refractivity contribution in [1.82, 2.24) is 5.32 Å². The molecule has 11 heavy (non-hydrogen) atoms. The monoisotopic (exact) mass is 177 g/mol. The van der Waals surface area contributed by atoms with Crippen molar-refractivity contribution in [2.24, 2.45) is 11.8 Å². The molecule has 1 saturated heterocycles. The maximum atomic E-state index is 9.39. The Labute approximate surface area is 73.8 Å². The first kappa shape index (κ1) is 9.30. The van der Waals surface area contributed by atoms with Crippen molar-refractivity contribution in [1.29, 1.82) is 0 Å². The molecular formula is C8H16ClNO. The fourth-order valence-corrected chi connectivity index (χ4v) is 2.35. The second-order valence-corrected chi connectivity index (χ2v) is 3.75. The third-order valence-electron chi connectivity index (χ3n) is 2.74. The van der Waals surface area contributed by atoms with E-state index in [-0.39, 0.29) is 18.5 Å². The zero-order chi connectivity index (χ0) is 6.97. The van der Waals surface area contributed by atoms with Crippen LogP contribution in [0.4, 0.5) is 0 Å². The summed E-state index contributed by atoms with van der Waals surface area (Å²) in [4.78, 5) is 0. The molecule has 1 heterocycles. The van der Waals surface area contributed by atoms with Crippen LogP contribution in [0.3, 0.4) is 0 Å². The summed E-state index contributed by atoms with van der Waals surface area (Å²) in [7, 11) is 0. The van der Waals surface area contributed by atoms with Gasteiger partial charge in [0.25, 0.3) is 0 Å². The summed E-state index contributed by atoms with van der Waals surface area (Å²) in [6, 6.07) is 0. The fourth-order valence-electron chi connectivity index (χ4n) is 2.35. The quantitative estimate of drug-likeness (QED) is 0.574. The maximum absolute atomic E-state index is 9.39. The fraction of sp³-hybridized carbons (Fsp3) is 1.00. The van der Waals surface area contributed by atoms with Crippen LogP contribution in [0.15, 0.2) is 0 Å². The highest BCUT2D eigenvalue weighted by atomic mass is 35.5. The lowest BCUT2D eigenvalue weighted by Crippen LogP contribution is -2.42. The van der Waals surface area contributed by atoms with E-state index in [1.807, 2.05) is 0 Å². The van der Waals surface area contributed by atoms with Gasteiger partial charge in [0.15, 0.2) is 0 Å². The summed E-state index contributed by atoms with van der Waals surface area (Å²) in [6.07, 6.45) is 3.42. The van der Waals surface area contributed by atoms with Gasteiger partial charge in [-0.05, 0) is 44.2 Å². The number of rotatable bonds is 0. The number of aliphatic hydroxyl groups is 1. The minimum atomic E-state index is 0. The number of aliphatic hydroxyl groups excluding tert-OH is 1. The minimum absolute atomic E-state index is 0. The van der Waals surface area contributed by atoms with Crippen LogP contribution < -0.4 is 5.32 Å². The first-order valence-electron chi connectivity index (χ1n) is 4.23. The van der Waals surface area contributed by atoms with Crippen molar-refractivity contribution in [2.75, 3.05) is 13.1 Å². The molecule has 2 aliphatic rings. The average molecular weight is 178 g/mol. The normalized spacial score (nSPS) is 42.8. The summed E-state index contributed by atoms with van der Waals surface area (Å²) in [5.74, 6) is 1.53. The van der Waals surface area contributed by atoms with E-state index in [0.29, 0.717) is 0 Å². The largest absolute Gasteiger partial charge is 0.393 e. The molecule has 3 atom stereocenters. The molecule has 3 heteroatoms. The van der Waals surface area contributed by atoms with E-state index in [2.05, 4.69) is 5.32 Å². The molecule has 1 aliphatic heterocycles. The van der Waals surface area contributed by atoms with E-state index in [9.17, 15) is 5.11 Å². The molecule has 0 radical (unpaired) electrons. The molecule has 2 bridgehead atoms. The number of piperidine rings is 1. The molecule has 2 rings (SSSR count). The summed E-state index contributed by atoms with van der Waals surface area (Å²) in [5, 5.41) is 12.8. The lowest BCUT2D eigenvalue weighted by Gasteiger charge is -2.37. The van der Waals surface area contributed by atoms with Crippen molar-refractivity contribution < 1.29 is 5.11 Å². The van der Waals surface area contributed by atoms with Gasteiger partial charge in [-0.25, -0.2) is 0 Å². The van der Waals surface area contributed by atoms with E-state index in [4.69, 9.17) is 0 Å². The van der Waals surface area contributed by atoms with Gasteiger partial charge in [-0.1, -0.05) is 0 Å². The highest BCUT2D eigenvalue weighted by Crippen LogP contribution is 2.30. The minimum Gasteiger partial charge on any atom is -0.393 e. The molecule has 0 aromatic rings. The van der Waals surface area contributed by atoms with Crippen molar-refractivity contribution in [3.8, 4) is 0 Å². The summed E-state index contributed by atoms with van der Waals surface area (Å²) in [6.45, 7) is 2.26. The van der Waals surface area contributed by atoms with Crippen LogP contribution >= 0.6 is 12.4 Å². The molecular weight excluding hydrogens is 162 g/mol. The van der Waals surface area contributed by atoms with Gasteiger partial charge in [0, 0.05) is 0 Å². The van der Waals surface area contributed by atoms with Gasteiger partial charge in [-0.15, -0.1) is 12.4 Å². The summed E-state index contributed by atoms with van der Waals surface area (Å²) < 4.78 is 0. The molecule has 2 N–H and O–H groups in total. The van der Waals surface area contributed by atoms with E-state index >= 15 is 0 Å². The molecule has 66 valence electrons. The smallest absolute Gasteiger partial charge is 0.0546 e. The van der Waals surface area contributed by atoms with Crippen LogP contribution in [-0.4, -0.2) is 24.3 Å². The highest BCUT2D eigenvalue weighted by Gasteiger charge is 2.30. The number of hydrogen-bond acceptors (Lipinski definition) is 2. The Kier molecular flexibility index (Phi) is 3.16. The molecule has 0 amide bonds. The predicted molar refractivity (Wildman–Crippen MR) is 47.0 cm³/mol. The predicted octanol–water partition coefficient (Wildman–Crippen LogP) is 0.789. The molecule has 2 nitrogen and oxygen atoms in total. The first-order valence-corrected chi connectivity index (χ1v) is 4.23. The van der Waals surface area contributed by atoms with Crippen molar-refractivity contribution >= 4 is 12.4 Å². The topological polar surface area (TPSA) is 32.3 Å². The van der Waals surface area contributed by atoms with Gasteiger partial charge in [0.2, 0.25) is 0 Å². The molecule has 0 aromatic carbocycles. The van der Waals surface area contributed by atoms with Crippen LogP contribution in [0.2, 0.25) is 0 Å². The molecule has 2 fully saturated rings.